The predicted molar refractivity (Wildman–Crippen MR) is 84.5 cm³/mol. The van der Waals surface area contributed by atoms with Crippen molar-refractivity contribution >= 4 is 11.8 Å². The van der Waals surface area contributed by atoms with Crippen LogP contribution in [0.1, 0.15) is 35.2 Å². The molecule has 2 heteroatoms. The third-order valence-corrected chi connectivity index (χ3v) is 4.43. The lowest BCUT2D eigenvalue weighted by molar-refractivity contribution is 0.815. The molecule has 2 aromatic rings. The van der Waals surface area contributed by atoms with Gasteiger partial charge >= 0.3 is 0 Å². The fourth-order valence-corrected chi connectivity index (χ4v) is 2.85. The molecule has 0 aliphatic rings. The molecule has 1 atom stereocenters. The van der Waals surface area contributed by atoms with Crippen molar-refractivity contribution in [1.82, 2.24) is 0 Å². The van der Waals surface area contributed by atoms with Gasteiger partial charge in [-0.1, -0.05) is 30.3 Å². The highest BCUT2D eigenvalue weighted by Crippen LogP contribution is 2.25. The van der Waals surface area contributed by atoms with E-state index in [0.29, 0.717) is 0 Å². The first-order valence-corrected chi connectivity index (χ1v) is 7.59. The maximum Gasteiger partial charge on any atom is 0.0266 e. The molecule has 2 N–H and O–H groups in total. The number of benzene rings is 2. The lowest BCUT2D eigenvalue weighted by atomic mass is 10.1. The number of rotatable bonds is 4. The van der Waals surface area contributed by atoms with E-state index in [0.717, 1.165) is 5.75 Å². The van der Waals surface area contributed by atoms with Crippen molar-refractivity contribution in [2.24, 2.45) is 5.73 Å². The normalized spacial score (nSPS) is 12.4. The molecule has 19 heavy (non-hydrogen) atoms. The molecule has 1 unspecified atom stereocenters. The number of thioether (sulfide) groups is 1. The van der Waals surface area contributed by atoms with Gasteiger partial charge in [0.15, 0.2) is 0 Å². The Morgan fingerprint density at radius 2 is 1.84 bits per heavy atom. The second-order valence-electron chi connectivity index (χ2n) is 5.07. The van der Waals surface area contributed by atoms with Gasteiger partial charge in [-0.3, -0.25) is 0 Å². The zero-order valence-corrected chi connectivity index (χ0v) is 12.6. The van der Waals surface area contributed by atoms with Gasteiger partial charge in [-0.05, 0) is 55.2 Å². The first kappa shape index (κ1) is 14.2. The molecule has 2 aromatic carbocycles. The Bertz CT molecular complexity index is 561. The lowest BCUT2D eigenvalue weighted by Crippen LogP contribution is -2.04. The van der Waals surface area contributed by atoms with E-state index >= 15 is 0 Å². The van der Waals surface area contributed by atoms with Crippen LogP contribution in [0.3, 0.4) is 0 Å². The van der Waals surface area contributed by atoms with Gasteiger partial charge in [0.25, 0.3) is 0 Å². The van der Waals surface area contributed by atoms with E-state index in [1.165, 1.54) is 27.1 Å². The van der Waals surface area contributed by atoms with Crippen LogP contribution in [-0.2, 0) is 5.75 Å². The summed E-state index contributed by atoms with van der Waals surface area (Å²) in [7, 11) is 0. The van der Waals surface area contributed by atoms with Crippen molar-refractivity contribution in [2.75, 3.05) is 0 Å². The predicted octanol–water partition coefficient (Wildman–Crippen LogP) is 4.62. The molecule has 0 fully saturated rings. The minimum Gasteiger partial charge on any atom is -0.324 e. The van der Waals surface area contributed by atoms with Crippen LogP contribution in [0, 0.1) is 13.8 Å². The topological polar surface area (TPSA) is 26.0 Å². The van der Waals surface area contributed by atoms with Crippen LogP contribution in [0.15, 0.2) is 47.4 Å². The first-order valence-electron chi connectivity index (χ1n) is 6.61. The summed E-state index contributed by atoms with van der Waals surface area (Å²) in [5, 5.41) is 0. The highest BCUT2D eigenvalue weighted by Gasteiger charge is 2.02. The standard InChI is InChI=1S/C17H21NS/c1-12-7-8-15(9-13(12)2)11-19-17-6-4-5-16(10-17)14(3)18/h4-10,14H,11,18H2,1-3H3. The summed E-state index contributed by atoms with van der Waals surface area (Å²) in [6.45, 7) is 6.34. The maximum absolute atomic E-state index is 5.92. The summed E-state index contributed by atoms with van der Waals surface area (Å²) in [5.74, 6) is 1.00. The van der Waals surface area contributed by atoms with Gasteiger partial charge in [-0.15, -0.1) is 11.8 Å². The van der Waals surface area contributed by atoms with Crippen molar-refractivity contribution in [1.29, 1.82) is 0 Å². The highest BCUT2D eigenvalue weighted by molar-refractivity contribution is 7.98. The van der Waals surface area contributed by atoms with E-state index in [4.69, 9.17) is 5.73 Å². The number of hydrogen-bond donors (Lipinski definition) is 1. The van der Waals surface area contributed by atoms with Gasteiger partial charge in [-0.25, -0.2) is 0 Å². The van der Waals surface area contributed by atoms with Crippen LogP contribution in [0.5, 0.6) is 0 Å². The molecule has 0 heterocycles. The van der Waals surface area contributed by atoms with E-state index in [1.54, 1.807) is 0 Å². The molecular weight excluding hydrogens is 250 g/mol. The molecular formula is C17H21NS. The molecule has 0 aliphatic heterocycles. The van der Waals surface area contributed by atoms with E-state index in [1.807, 2.05) is 18.7 Å². The van der Waals surface area contributed by atoms with Crippen molar-refractivity contribution in [3.05, 3.63) is 64.7 Å². The SMILES string of the molecule is Cc1ccc(CSc2cccc(C(C)N)c2)cc1C. The quantitative estimate of drug-likeness (QED) is 0.821. The minimum atomic E-state index is 0.0992. The summed E-state index contributed by atoms with van der Waals surface area (Å²) < 4.78 is 0. The average Bonchev–Trinajstić information content (AvgIpc) is 2.40. The fraction of sp³-hybridized carbons (Fsp3) is 0.294. The Labute approximate surface area is 120 Å². The van der Waals surface area contributed by atoms with E-state index in [9.17, 15) is 0 Å². The molecule has 0 saturated heterocycles. The van der Waals surface area contributed by atoms with Crippen molar-refractivity contribution in [3.8, 4) is 0 Å². The maximum atomic E-state index is 5.92. The summed E-state index contributed by atoms with van der Waals surface area (Å²) in [6.07, 6.45) is 0. The highest BCUT2D eigenvalue weighted by atomic mass is 32.2. The molecule has 1 nitrogen and oxygen atoms in total. The van der Waals surface area contributed by atoms with Crippen LogP contribution >= 0.6 is 11.8 Å². The zero-order chi connectivity index (χ0) is 13.8. The fourth-order valence-electron chi connectivity index (χ4n) is 1.95. The van der Waals surface area contributed by atoms with Crippen LogP contribution in [0.4, 0.5) is 0 Å². The van der Waals surface area contributed by atoms with E-state index in [2.05, 4.69) is 56.3 Å². The Morgan fingerprint density at radius 3 is 2.53 bits per heavy atom. The molecule has 2 rings (SSSR count). The summed E-state index contributed by atoms with van der Waals surface area (Å²) in [4.78, 5) is 1.29. The van der Waals surface area contributed by atoms with Crippen molar-refractivity contribution < 1.29 is 0 Å². The van der Waals surface area contributed by atoms with Gasteiger partial charge in [0.2, 0.25) is 0 Å². The monoisotopic (exact) mass is 271 g/mol. The Balaban J connectivity index is 2.05. The molecule has 0 spiro atoms. The summed E-state index contributed by atoms with van der Waals surface area (Å²) in [5.41, 5.74) is 11.2. The lowest BCUT2D eigenvalue weighted by Gasteiger charge is -2.09. The summed E-state index contributed by atoms with van der Waals surface area (Å²) >= 11 is 1.86. The smallest absolute Gasteiger partial charge is 0.0266 e. The molecule has 0 saturated carbocycles. The van der Waals surface area contributed by atoms with Gasteiger partial charge in [0.05, 0.1) is 0 Å². The van der Waals surface area contributed by atoms with Crippen molar-refractivity contribution in [2.45, 2.75) is 37.5 Å². The molecule has 0 aliphatic carbocycles. The van der Waals surface area contributed by atoms with Gasteiger partial charge in [0, 0.05) is 16.7 Å². The second kappa shape index (κ2) is 6.27. The van der Waals surface area contributed by atoms with Crippen LogP contribution in [0.25, 0.3) is 0 Å². The molecule has 100 valence electrons. The zero-order valence-electron chi connectivity index (χ0n) is 11.8. The summed E-state index contributed by atoms with van der Waals surface area (Å²) in [6, 6.07) is 15.3. The minimum absolute atomic E-state index is 0.0992. The Kier molecular flexibility index (Phi) is 4.67. The second-order valence-corrected chi connectivity index (χ2v) is 6.12. The third-order valence-electron chi connectivity index (χ3n) is 3.36. The molecule has 0 radical (unpaired) electrons. The van der Waals surface area contributed by atoms with Crippen LogP contribution < -0.4 is 5.73 Å². The average molecular weight is 271 g/mol. The molecule has 0 amide bonds. The third kappa shape index (κ3) is 3.85. The van der Waals surface area contributed by atoms with Gasteiger partial charge in [-0.2, -0.15) is 0 Å². The largest absolute Gasteiger partial charge is 0.324 e. The first-order chi connectivity index (χ1) is 9.06. The van der Waals surface area contributed by atoms with Gasteiger partial charge in [0.1, 0.15) is 0 Å². The molecule has 0 bridgehead atoms. The number of hydrogen-bond acceptors (Lipinski definition) is 2. The Morgan fingerprint density at radius 1 is 1.05 bits per heavy atom. The van der Waals surface area contributed by atoms with E-state index < -0.39 is 0 Å². The van der Waals surface area contributed by atoms with E-state index in [-0.39, 0.29) is 6.04 Å². The molecule has 0 aromatic heterocycles. The number of nitrogens with two attached hydrogens (primary N) is 1. The van der Waals surface area contributed by atoms with Crippen LogP contribution in [-0.4, -0.2) is 0 Å². The van der Waals surface area contributed by atoms with Crippen molar-refractivity contribution in [3.63, 3.8) is 0 Å². The Hall–Kier alpha value is -1.25. The van der Waals surface area contributed by atoms with Gasteiger partial charge < -0.3 is 5.73 Å². The number of aryl methyl sites for hydroxylation is 2. The van der Waals surface area contributed by atoms with Crippen LogP contribution in [0.2, 0.25) is 0 Å².